The van der Waals surface area contributed by atoms with Gasteiger partial charge in [-0.05, 0) is 25.1 Å². The second kappa shape index (κ2) is 4.46. The summed E-state index contributed by atoms with van der Waals surface area (Å²) in [6.45, 7) is 1.53. The van der Waals surface area contributed by atoms with Crippen LogP contribution in [0.3, 0.4) is 0 Å². The first-order valence-electron chi connectivity index (χ1n) is 5.37. The summed E-state index contributed by atoms with van der Waals surface area (Å²) in [7, 11) is 0. The summed E-state index contributed by atoms with van der Waals surface area (Å²) in [6, 6.07) is 6.02. The number of benzene rings is 1. The summed E-state index contributed by atoms with van der Waals surface area (Å²) in [5.41, 5.74) is 4.75. The Hall–Kier alpha value is -2.24. The second-order valence-corrected chi connectivity index (χ2v) is 4.02. The molecule has 1 heterocycles. The molecule has 1 amide bonds. The number of halogens is 3. The van der Waals surface area contributed by atoms with Gasteiger partial charge in [0.25, 0.3) is 5.91 Å². The van der Waals surface area contributed by atoms with E-state index in [0.717, 1.165) is 12.1 Å². The van der Waals surface area contributed by atoms with Crippen LogP contribution in [0, 0.1) is 6.92 Å². The lowest BCUT2D eigenvalue weighted by Crippen LogP contribution is -2.10. The number of hydrogen-bond donors (Lipinski definition) is 1. The Morgan fingerprint density at radius 3 is 2.47 bits per heavy atom. The molecule has 2 N–H and O–H groups in total. The third-order valence-corrected chi connectivity index (χ3v) is 2.66. The third-order valence-electron chi connectivity index (χ3n) is 2.66. The van der Waals surface area contributed by atoms with Crippen molar-refractivity contribution in [3.8, 4) is 11.3 Å². The van der Waals surface area contributed by atoms with Crippen molar-refractivity contribution in [3.05, 3.63) is 47.2 Å². The highest BCUT2D eigenvalue weighted by atomic mass is 19.4. The van der Waals surface area contributed by atoms with E-state index in [9.17, 15) is 18.0 Å². The van der Waals surface area contributed by atoms with E-state index in [2.05, 4.69) is 0 Å². The minimum absolute atomic E-state index is 0.160. The SMILES string of the molecule is Cc1oc(-c2cccc(C(F)(F)F)c2)cc1C(N)=O. The number of aryl methyl sites for hydroxylation is 1. The van der Waals surface area contributed by atoms with E-state index in [1.807, 2.05) is 0 Å². The molecule has 0 aliphatic rings. The molecule has 0 bridgehead atoms. The molecule has 1 aromatic carbocycles. The highest BCUT2D eigenvalue weighted by Gasteiger charge is 2.30. The quantitative estimate of drug-likeness (QED) is 0.908. The Morgan fingerprint density at radius 2 is 1.95 bits per heavy atom. The highest BCUT2D eigenvalue weighted by molar-refractivity contribution is 5.94. The minimum atomic E-state index is -4.43. The summed E-state index contributed by atoms with van der Waals surface area (Å²) >= 11 is 0. The molecule has 100 valence electrons. The normalized spacial score (nSPS) is 11.6. The number of rotatable bonds is 2. The van der Waals surface area contributed by atoms with Gasteiger partial charge in [0.1, 0.15) is 11.5 Å². The summed E-state index contributed by atoms with van der Waals surface area (Å²) < 4.78 is 43.0. The molecule has 0 fully saturated rings. The van der Waals surface area contributed by atoms with Crippen molar-refractivity contribution in [3.63, 3.8) is 0 Å². The number of carbonyl (C=O) groups is 1. The van der Waals surface area contributed by atoms with Crippen molar-refractivity contribution in [2.75, 3.05) is 0 Å². The Labute approximate surface area is 106 Å². The largest absolute Gasteiger partial charge is 0.461 e. The van der Waals surface area contributed by atoms with Crippen molar-refractivity contribution >= 4 is 5.91 Å². The summed E-state index contributed by atoms with van der Waals surface area (Å²) in [6.07, 6.45) is -4.43. The fraction of sp³-hybridized carbons (Fsp3) is 0.154. The van der Waals surface area contributed by atoms with Crippen molar-refractivity contribution in [2.45, 2.75) is 13.1 Å². The zero-order valence-corrected chi connectivity index (χ0v) is 9.91. The monoisotopic (exact) mass is 269 g/mol. The van der Waals surface area contributed by atoms with E-state index in [4.69, 9.17) is 10.2 Å². The predicted octanol–water partition coefficient (Wildman–Crippen LogP) is 3.37. The highest BCUT2D eigenvalue weighted by Crippen LogP contribution is 2.33. The smallest absolute Gasteiger partial charge is 0.416 e. The van der Waals surface area contributed by atoms with Crippen LogP contribution < -0.4 is 5.73 Å². The van der Waals surface area contributed by atoms with Crippen molar-refractivity contribution in [2.24, 2.45) is 5.73 Å². The maximum absolute atomic E-state index is 12.6. The van der Waals surface area contributed by atoms with Crippen LogP contribution in [0.4, 0.5) is 13.2 Å². The lowest BCUT2D eigenvalue weighted by Gasteiger charge is -2.07. The summed E-state index contributed by atoms with van der Waals surface area (Å²) in [4.78, 5) is 11.1. The van der Waals surface area contributed by atoms with Gasteiger partial charge in [0.2, 0.25) is 0 Å². The van der Waals surface area contributed by atoms with Crippen LogP contribution in [0.25, 0.3) is 11.3 Å². The fourth-order valence-corrected chi connectivity index (χ4v) is 1.72. The third kappa shape index (κ3) is 2.62. The van der Waals surface area contributed by atoms with Crippen LogP contribution in [-0.4, -0.2) is 5.91 Å². The number of furan rings is 1. The van der Waals surface area contributed by atoms with Gasteiger partial charge in [-0.1, -0.05) is 12.1 Å². The summed E-state index contributed by atoms with van der Waals surface area (Å²) in [5.74, 6) is -0.225. The van der Waals surface area contributed by atoms with Gasteiger partial charge in [-0.15, -0.1) is 0 Å². The predicted molar refractivity (Wildman–Crippen MR) is 62.4 cm³/mol. The molecule has 19 heavy (non-hydrogen) atoms. The molecule has 3 nitrogen and oxygen atoms in total. The first-order valence-corrected chi connectivity index (χ1v) is 5.37. The molecule has 0 atom stereocenters. The molecular weight excluding hydrogens is 259 g/mol. The maximum atomic E-state index is 12.6. The van der Waals surface area contributed by atoms with E-state index < -0.39 is 17.6 Å². The van der Waals surface area contributed by atoms with Crippen molar-refractivity contribution < 1.29 is 22.4 Å². The number of primary amides is 1. The van der Waals surface area contributed by atoms with E-state index in [0.29, 0.717) is 0 Å². The van der Waals surface area contributed by atoms with Gasteiger partial charge in [0, 0.05) is 5.56 Å². The van der Waals surface area contributed by atoms with Crippen LogP contribution >= 0.6 is 0 Å². The number of alkyl halides is 3. The van der Waals surface area contributed by atoms with Crippen molar-refractivity contribution in [1.29, 1.82) is 0 Å². The van der Waals surface area contributed by atoms with Gasteiger partial charge in [-0.25, -0.2) is 0 Å². The number of hydrogen-bond acceptors (Lipinski definition) is 2. The fourth-order valence-electron chi connectivity index (χ4n) is 1.72. The zero-order valence-electron chi connectivity index (χ0n) is 9.91. The van der Waals surface area contributed by atoms with Gasteiger partial charge >= 0.3 is 6.18 Å². The zero-order chi connectivity index (χ0) is 14.2. The van der Waals surface area contributed by atoms with Gasteiger partial charge in [0.05, 0.1) is 11.1 Å². The lowest BCUT2D eigenvalue weighted by atomic mass is 10.1. The van der Waals surface area contributed by atoms with Crippen LogP contribution in [0.15, 0.2) is 34.7 Å². The van der Waals surface area contributed by atoms with Crippen LogP contribution in [0.2, 0.25) is 0 Å². The number of amides is 1. The molecule has 0 aliphatic carbocycles. The molecule has 0 aliphatic heterocycles. The van der Waals surface area contributed by atoms with E-state index in [1.54, 1.807) is 0 Å². The molecule has 6 heteroatoms. The second-order valence-electron chi connectivity index (χ2n) is 4.02. The summed E-state index contributed by atoms with van der Waals surface area (Å²) in [5, 5.41) is 0. The Morgan fingerprint density at radius 1 is 1.26 bits per heavy atom. The molecule has 0 spiro atoms. The minimum Gasteiger partial charge on any atom is -0.461 e. The van der Waals surface area contributed by atoms with Crippen LogP contribution in [0.1, 0.15) is 21.7 Å². The van der Waals surface area contributed by atoms with Gasteiger partial charge in [-0.2, -0.15) is 13.2 Å². The Balaban J connectivity index is 2.48. The lowest BCUT2D eigenvalue weighted by molar-refractivity contribution is -0.137. The molecule has 0 unspecified atom stereocenters. The van der Waals surface area contributed by atoms with Gasteiger partial charge < -0.3 is 10.2 Å². The Kier molecular flexibility index (Phi) is 3.09. The molecule has 2 rings (SSSR count). The molecule has 0 saturated carbocycles. The Bertz CT molecular complexity index is 629. The van der Waals surface area contributed by atoms with E-state index >= 15 is 0 Å². The molecule has 0 saturated heterocycles. The molecule has 0 radical (unpaired) electrons. The number of carbonyl (C=O) groups excluding carboxylic acids is 1. The average Bonchev–Trinajstić information content (AvgIpc) is 2.70. The van der Waals surface area contributed by atoms with Gasteiger partial charge in [0.15, 0.2) is 0 Å². The van der Waals surface area contributed by atoms with Crippen LogP contribution in [0.5, 0.6) is 0 Å². The molecule has 2 aromatic rings. The maximum Gasteiger partial charge on any atom is 0.416 e. The first-order chi connectivity index (χ1) is 8.79. The molecule has 1 aromatic heterocycles. The van der Waals surface area contributed by atoms with Crippen molar-refractivity contribution in [1.82, 2.24) is 0 Å². The first kappa shape index (κ1) is 13.2. The molecular formula is C13H10F3NO2. The van der Waals surface area contributed by atoms with E-state index in [1.165, 1.54) is 25.1 Å². The van der Waals surface area contributed by atoms with Crippen LogP contribution in [-0.2, 0) is 6.18 Å². The van der Waals surface area contributed by atoms with E-state index in [-0.39, 0.29) is 22.6 Å². The average molecular weight is 269 g/mol. The van der Waals surface area contributed by atoms with Gasteiger partial charge in [-0.3, -0.25) is 4.79 Å². The number of nitrogens with two attached hydrogens (primary N) is 1. The topological polar surface area (TPSA) is 56.2 Å². The standard InChI is InChI=1S/C13H10F3NO2/c1-7-10(12(17)18)6-11(19-7)8-3-2-4-9(5-8)13(14,15)16/h2-6H,1H3,(H2,17,18).